The van der Waals surface area contributed by atoms with Crippen molar-refractivity contribution in [3.63, 3.8) is 0 Å². The van der Waals surface area contributed by atoms with Crippen molar-refractivity contribution in [3.05, 3.63) is 71.0 Å². The van der Waals surface area contributed by atoms with Gasteiger partial charge in [-0.15, -0.1) is 11.5 Å². The Balaban J connectivity index is 1.95. The zero-order chi connectivity index (χ0) is 15.8. The first-order valence-corrected chi connectivity index (χ1v) is 7.46. The Kier molecular flexibility index (Phi) is 5.75. The molecule has 0 saturated carbocycles. The summed E-state index contributed by atoms with van der Waals surface area (Å²) < 4.78 is 13.3. The van der Waals surface area contributed by atoms with E-state index in [0.717, 1.165) is 5.56 Å². The largest absolute Gasteiger partial charge is 0.377 e. The molecule has 0 spiro atoms. The number of halogens is 1. The van der Waals surface area contributed by atoms with Crippen molar-refractivity contribution in [2.45, 2.75) is 5.75 Å². The second-order valence-corrected chi connectivity index (χ2v) is 5.37. The van der Waals surface area contributed by atoms with Crippen LogP contribution in [0.2, 0.25) is 0 Å². The van der Waals surface area contributed by atoms with Crippen LogP contribution in [-0.4, -0.2) is 11.4 Å². The minimum atomic E-state index is -0.410. The smallest absolute Gasteiger partial charge is 0.180 e. The molecule has 0 fully saturated rings. The Morgan fingerprint density at radius 2 is 2.05 bits per heavy atom. The fraction of sp³-hybridized carbons (Fsp3) is 0.0588. The Morgan fingerprint density at radius 1 is 1.27 bits per heavy atom. The first kappa shape index (κ1) is 15.8. The molecule has 0 heterocycles. The van der Waals surface area contributed by atoms with E-state index in [4.69, 9.17) is 12.2 Å². The third-order valence-electron chi connectivity index (χ3n) is 2.68. The van der Waals surface area contributed by atoms with E-state index >= 15 is 0 Å². The van der Waals surface area contributed by atoms with Crippen LogP contribution in [0.4, 0.5) is 4.39 Å². The second-order valence-electron chi connectivity index (χ2n) is 4.37. The minimum Gasteiger partial charge on any atom is -0.377 e. The summed E-state index contributed by atoms with van der Waals surface area (Å²) in [5, 5.41) is 8.07. The van der Waals surface area contributed by atoms with Crippen molar-refractivity contribution in [1.82, 2.24) is 0 Å². The van der Waals surface area contributed by atoms with Gasteiger partial charge in [0.2, 0.25) is 0 Å². The van der Waals surface area contributed by atoms with E-state index in [1.807, 2.05) is 30.3 Å². The quantitative estimate of drug-likeness (QED) is 0.407. The summed E-state index contributed by atoms with van der Waals surface area (Å²) in [6.07, 6.45) is 6.66. The SMILES string of the molecule is C#Cc1cc(F)cc(C=NN=C(N)SCc2ccccc2)c1. The molecule has 2 rings (SSSR count). The van der Waals surface area contributed by atoms with Gasteiger partial charge >= 0.3 is 0 Å². The third-order valence-corrected chi connectivity index (χ3v) is 3.53. The zero-order valence-electron chi connectivity index (χ0n) is 11.7. The molecule has 0 unspecified atom stereocenters. The molecule has 2 aromatic rings. The highest BCUT2D eigenvalue weighted by Crippen LogP contribution is 2.11. The molecule has 0 saturated heterocycles. The maximum absolute atomic E-state index is 13.3. The molecular weight excluding hydrogens is 297 g/mol. The molecule has 2 aromatic carbocycles. The summed E-state index contributed by atoms with van der Waals surface area (Å²) in [5.41, 5.74) is 7.91. The molecule has 110 valence electrons. The number of thioether (sulfide) groups is 1. The summed E-state index contributed by atoms with van der Waals surface area (Å²) in [4.78, 5) is 0. The molecule has 0 bridgehead atoms. The van der Waals surface area contributed by atoms with Crippen molar-refractivity contribution >= 4 is 23.1 Å². The summed E-state index contributed by atoms with van der Waals surface area (Å²) in [5.74, 6) is 2.68. The van der Waals surface area contributed by atoms with Crippen LogP contribution in [0, 0.1) is 18.2 Å². The van der Waals surface area contributed by atoms with Gasteiger partial charge in [0.05, 0.1) is 6.21 Å². The van der Waals surface area contributed by atoms with Crippen LogP contribution in [0.5, 0.6) is 0 Å². The van der Waals surface area contributed by atoms with Gasteiger partial charge in [0.1, 0.15) is 5.82 Å². The molecule has 0 aliphatic rings. The highest BCUT2D eigenvalue weighted by atomic mass is 32.2. The topological polar surface area (TPSA) is 50.7 Å². The molecule has 3 nitrogen and oxygen atoms in total. The maximum atomic E-state index is 13.3. The number of nitrogens with zero attached hydrogens (tertiary/aromatic N) is 2. The van der Waals surface area contributed by atoms with E-state index in [2.05, 4.69) is 16.1 Å². The summed E-state index contributed by atoms with van der Waals surface area (Å²) in [7, 11) is 0. The number of rotatable bonds is 4. The van der Waals surface area contributed by atoms with Gasteiger partial charge in [-0.05, 0) is 29.3 Å². The molecule has 0 aliphatic carbocycles. The van der Waals surface area contributed by atoms with E-state index < -0.39 is 5.82 Å². The van der Waals surface area contributed by atoms with E-state index in [9.17, 15) is 4.39 Å². The Hall–Kier alpha value is -2.58. The van der Waals surface area contributed by atoms with Crippen LogP contribution in [0.15, 0.2) is 58.7 Å². The fourth-order valence-electron chi connectivity index (χ4n) is 1.68. The number of nitrogens with two attached hydrogens (primary N) is 1. The lowest BCUT2D eigenvalue weighted by Crippen LogP contribution is -2.06. The minimum absolute atomic E-state index is 0.341. The molecule has 0 amide bonds. The predicted molar refractivity (Wildman–Crippen MR) is 91.3 cm³/mol. The molecule has 0 aromatic heterocycles. The third kappa shape index (κ3) is 5.08. The van der Waals surface area contributed by atoms with Gasteiger partial charge in [-0.3, -0.25) is 0 Å². The van der Waals surface area contributed by atoms with E-state index in [1.165, 1.54) is 30.1 Å². The number of terminal acetylenes is 1. The van der Waals surface area contributed by atoms with Gasteiger partial charge in [-0.1, -0.05) is 48.0 Å². The van der Waals surface area contributed by atoms with Crippen LogP contribution in [0.1, 0.15) is 16.7 Å². The lowest BCUT2D eigenvalue weighted by Gasteiger charge is -1.99. The maximum Gasteiger partial charge on any atom is 0.180 e. The van der Waals surface area contributed by atoms with E-state index in [-0.39, 0.29) is 0 Å². The van der Waals surface area contributed by atoms with Crippen LogP contribution in [-0.2, 0) is 5.75 Å². The standard InChI is InChI=1S/C17H14FN3S/c1-2-13-8-15(10-16(18)9-13)11-20-21-17(19)22-12-14-6-4-3-5-7-14/h1,3-11H,12H2,(H2,19,21). The predicted octanol–water partition coefficient (Wildman–Crippen LogP) is 3.39. The molecule has 0 atom stereocenters. The fourth-order valence-corrected chi connectivity index (χ4v) is 2.29. The lowest BCUT2D eigenvalue weighted by atomic mass is 10.1. The Labute approximate surface area is 133 Å². The van der Waals surface area contributed by atoms with Crippen LogP contribution < -0.4 is 5.73 Å². The number of amidine groups is 1. The highest BCUT2D eigenvalue weighted by molar-refractivity contribution is 8.13. The highest BCUT2D eigenvalue weighted by Gasteiger charge is 1.98. The van der Waals surface area contributed by atoms with Crippen LogP contribution in [0.25, 0.3) is 0 Å². The number of benzene rings is 2. The Morgan fingerprint density at radius 3 is 2.77 bits per heavy atom. The first-order chi connectivity index (χ1) is 10.7. The van der Waals surface area contributed by atoms with Crippen molar-refractivity contribution in [3.8, 4) is 12.3 Å². The number of hydrogen-bond donors (Lipinski definition) is 1. The van der Waals surface area contributed by atoms with Crippen molar-refractivity contribution in [2.24, 2.45) is 15.9 Å². The van der Waals surface area contributed by atoms with Gasteiger partial charge < -0.3 is 5.73 Å². The van der Waals surface area contributed by atoms with Crippen LogP contribution >= 0.6 is 11.8 Å². The van der Waals surface area contributed by atoms with Crippen molar-refractivity contribution in [1.29, 1.82) is 0 Å². The molecule has 2 N–H and O–H groups in total. The van der Waals surface area contributed by atoms with E-state index in [1.54, 1.807) is 6.07 Å². The van der Waals surface area contributed by atoms with Gasteiger partial charge in [-0.2, -0.15) is 5.10 Å². The van der Waals surface area contributed by atoms with Crippen molar-refractivity contribution < 1.29 is 4.39 Å². The average Bonchev–Trinajstić information content (AvgIpc) is 2.53. The van der Waals surface area contributed by atoms with Gasteiger partial charge in [0, 0.05) is 11.3 Å². The summed E-state index contributed by atoms with van der Waals surface area (Å²) >= 11 is 1.38. The molecule has 22 heavy (non-hydrogen) atoms. The molecule has 0 radical (unpaired) electrons. The lowest BCUT2D eigenvalue weighted by molar-refractivity contribution is 0.627. The monoisotopic (exact) mass is 311 g/mol. The summed E-state index contributed by atoms with van der Waals surface area (Å²) in [6, 6.07) is 14.2. The van der Waals surface area contributed by atoms with Gasteiger partial charge in [0.25, 0.3) is 0 Å². The molecule has 5 heteroatoms. The first-order valence-electron chi connectivity index (χ1n) is 6.48. The average molecular weight is 311 g/mol. The molecular formula is C17H14FN3S. The molecule has 0 aliphatic heterocycles. The summed E-state index contributed by atoms with van der Waals surface area (Å²) in [6.45, 7) is 0. The Bertz CT molecular complexity index is 733. The van der Waals surface area contributed by atoms with Crippen molar-refractivity contribution in [2.75, 3.05) is 0 Å². The van der Waals surface area contributed by atoms with Gasteiger partial charge in [-0.25, -0.2) is 4.39 Å². The van der Waals surface area contributed by atoms with E-state index in [0.29, 0.717) is 22.0 Å². The number of hydrogen-bond acceptors (Lipinski definition) is 3. The van der Waals surface area contributed by atoms with Crippen LogP contribution in [0.3, 0.4) is 0 Å². The normalized spacial score (nSPS) is 11.5. The zero-order valence-corrected chi connectivity index (χ0v) is 12.6. The second kappa shape index (κ2) is 8.01. The van der Waals surface area contributed by atoms with Gasteiger partial charge in [0.15, 0.2) is 5.17 Å².